The first kappa shape index (κ1) is 45.4. The Morgan fingerprint density at radius 2 is 1.00 bits per heavy atom. The second-order valence-electron chi connectivity index (χ2n) is 0. The molecule has 0 aliphatic heterocycles. The molecule has 0 fully saturated rings. The summed E-state index contributed by atoms with van der Waals surface area (Å²) in [6.45, 7) is 0. The molecule has 0 saturated carbocycles. The molecule has 0 aliphatic carbocycles. The van der Waals surface area contributed by atoms with E-state index in [1.54, 1.807) is 0 Å². The third kappa shape index (κ3) is 9.45. The zero-order chi connectivity index (χ0) is 0. The van der Waals surface area contributed by atoms with Crippen LogP contribution in [-0.4, -0.2) is 11.0 Å². The molecule has 4 heavy (non-hydrogen) atoms. The molecule has 0 aliphatic rings. The average Bonchev–Trinajstić information content (AvgIpc) is 0. The van der Waals surface area contributed by atoms with Gasteiger partial charge >= 0.3 is 55.1 Å². The molecule has 0 spiro atoms. The average molecular weight is 185 g/mol. The van der Waals surface area contributed by atoms with Crippen LogP contribution in [0.3, 0.4) is 0 Å². The fourth-order valence-corrected chi connectivity index (χ4v) is 0. The summed E-state index contributed by atoms with van der Waals surface area (Å²) in [5.74, 6) is 0. The maximum atomic E-state index is 0. The summed E-state index contributed by atoms with van der Waals surface area (Å²) < 4.78 is 0. The van der Waals surface area contributed by atoms with E-state index in [0.717, 1.165) is 0 Å². The van der Waals surface area contributed by atoms with Crippen LogP contribution < -0.4 is 0 Å². The Bertz CT molecular complexity index is 8.00. The van der Waals surface area contributed by atoms with Gasteiger partial charge in [-0.3, -0.25) is 0 Å². The summed E-state index contributed by atoms with van der Waals surface area (Å²) in [5.41, 5.74) is 0. The van der Waals surface area contributed by atoms with Gasteiger partial charge in [0.25, 0.3) is 0 Å². The van der Waals surface area contributed by atoms with E-state index in [2.05, 4.69) is 0 Å². The molecule has 0 aromatic carbocycles. The van der Waals surface area contributed by atoms with E-state index in [-0.39, 0.29) is 60.5 Å². The second-order valence-corrected chi connectivity index (χ2v) is 0. The van der Waals surface area contributed by atoms with Gasteiger partial charge in [0.2, 0.25) is 0 Å². The molecule has 0 aromatic heterocycles. The van der Waals surface area contributed by atoms with Gasteiger partial charge in [0.1, 0.15) is 0 Å². The van der Waals surface area contributed by atoms with Gasteiger partial charge in [0.15, 0.2) is 0 Å². The molecule has 0 unspecified atom stereocenters. The Labute approximate surface area is 60.3 Å². The molecule has 0 bridgehead atoms. The molecule has 0 rings (SSSR count). The summed E-state index contributed by atoms with van der Waals surface area (Å²) in [6.07, 6.45) is 0. The van der Waals surface area contributed by atoms with E-state index in [9.17, 15) is 0 Å². The van der Waals surface area contributed by atoms with Gasteiger partial charge in [-0.2, -0.15) is 0 Å². The van der Waals surface area contributed by atoms with Gasteiger partial charge in [0, 0.05) is 0 Å². The van der Waals surface area contributed by atoms with Crippen molar-refractivity contribution in [3.8, 4) is 0 Å². The summed E-state index contributed by atoms with van der Waals surface area (Å²) in [4.78, 5) is 0. The third-order valence-electron chi connectivity index (χ3n) is 0. The van der Waals surface area contributed by atoms with Crippen molar-refractivity contribution in [1.82, 2.24) is 0 Å². The van der Waals surface area contributed by atoms with Crippen molar-refractivity contribution < 1.29 is 49.6 Å². The Morgan fingerprint density at radius 1 is 1.00 bits per heavy atom. The van der Waals surface area contributed by atoms with Crippen LogP contribution in [0.2, 0.25) is 0 Å². The molecule has 0 atom stereocenters. The third-order valence-corrected chi connectivity index (χ3v) is 0. The molecule has 1 nitrogen and oxygen atoms in total. The summed E-state index contributed by atoms with van der Waals surface area (Å²) >= 11 is 0. The molecule has 0 amide bonds. The van der Waals surface area contributed by atoms with E-state index in [1.165, 1.54) is 0 Å². The topological polar surface area (TPSA) is 28.5 Å². The molecule has 0 saturated heterocycles. The normalized spacial score (nSPS) is 0. The van der Waals surface area contributed by atoms with Crippen molar-refractivity contribution in [1.29, 1.82) is 0 Å². The Hall–Kier alpha value is 1.63. The molecule has 4 heteroatoms. The number of hydrogen-bond donors (Lipinski definition) is 0. The van der Waals surface area contributed by atoms with Crippen molar-refractivity contribution in [3.63, 3.8) is 0 Å². The van der Waals surface area contributed by atoms with Crippen LogP contribution in [0.25, 0.3) is 0 Å². The summed E-state index contributed by atoms with van der Waals surface area (Å²) in [7, 11) is 0. The quantitative estimate of drug-likeness (QED) is 0.455. The van der Waals surface area contributed by atoms with Crippen LogP contribution in [-0.2, 0) is 49.6 Å². The molecule has 0 aromatic rings. The maximum absolute atomic E-state index is 0. The first-order valence-corrected chi connectivity index (χ1v) is 0. The van der Waals surface area contributed by atoms with E-state index in [4.69, 9.17) is 0 Å². The SMILES string of the molecule is [Nb+5].[O-2].[Si+4].[Ti+4]. The van der Waals surface area contributed by atoms with Crippen LogP contribution in [0, 0.1) is 0 Å². The molecule has 8 valence electrons. The van der Waals surface area contributed by atoms with Gasteiger partial charge in [0.05, 0.1) is 0 Å². The first-order valence-electron chi connectivity index (χ1n) is 0. The van der Waals surface area contributed by atoms with E-state index >= 15 is 0 Å². The molecule has 0 radical (unpaired) electrons. The van der Waals surface area contributed by atoms with Crippen LogP contribution in [0.5, 0.6) is 0 Å². The van der Waals surface area contributed by atoms with E-state index < -0.39 is 0 Å². The van der Waals surface area contributed by atoms with Crippen molar-refractivity contribution >= 4 is 11.0 Å². The van der Waals surface area contributed by atoms with Gasteiger partial charge in [-0.15, -0.1) is 0 Å². The zero-order valence-corrected chi connectivity index (χ0v) is 6.62. The van der Waals surface area contributed by atoms with E-state index in [1.807, 2.05) is 0 Å². The Balaban J connectivity index is 0. The molecule has 0 heterocycles. The monoisotopic (exact) mass is 185 g/mol. The van der Waals surface area contributed by atoms with Crippen molar-refractivity contribution in [3.05, 3.63) is 0 Å². The molecular weight excluding hydrogens is 185 g/mol. The fraction of sp³-hybridized carbons (Fsp3) is 0. The Kier molecular flexibility index (Phi) is 260. The molecule has 0 N–H and O–H groups in total. The maximum Gasteiger partial charge on any atom is 5.00 e. The smallest absolute Gasteiger partial charge is 2.00 e. The molecular formula is NbOSiTi+11. The number of rotatable bonds is 0. The van der Waals surface area contributed by atoms with Crippen LogP contribution in [0.1, 0.15) is 0 Å². The van der Waals surface area contributed by atoms with Gasteiger partial charge < -0.3 is 5.48 Å². The second kappa shape index (κ2) is 22.9. The minimum Gasteiger partial charge on any atom is -2.00 e. The fourth-order valence-electron chi connectivity index (χ4n) is 0. The number of hydrogen-bond acceptors (Lipinski definition) is 0. The largest absolute Gasteiger partial charge is 5.00 e. The van der Waals surface area contributed by atoms with Crippen LogP contribution >= 0.6 is 0 Å². The predicted octanol–water partition coefficient (Wildman–Crippen LogP) is -0.505. The van der Waals surface area contributed by atoms with Gasteiger partial charge in [-0.05, 0) is 0 Å². The van der Waals surface area contributed by atoms with Gasteiger partial charge in [-0.1, -0.05) is 0 Å². The van der Waals surface area contributed by atoms with Crippen molar-refractivity contribution in [2.45, 2.75) is 0 Å². The minimum atomic E-state index is 0. The first-order chi connectivity index (χ1) is 0. The van der Waals surface area contributed by atoms with Crippen LogP contribution in [0.4, 0.5) is 0 Å². The minimum absolute atomic E-state index is 0. The zero-order valence-electron chi connectivity index (χ0n) is 1.86. The van der Waals surface area contributed by atoms with Crippen molar-refractivity contribution in [2.24, 2.45) is 0 Å². The predicted molar refractivity (Wildman–Crippen MR) is 6.44 cm³/mol. The summed E-state index contributed by atoms with van der Waals surface area (Å²) in [6, 6.07) is 0. The van der Waals surface area contributed by atoms with Crippen LogP contribution in [0.15, 0.2) is 0 Å². The Morgan fingerprint density at radius 3 is 1.00 bits per heavy atom. The van der Waals surface area contributed by atoms with E-state index in [0.29, 0.717) is 0 Å². The standard InChI is InChI=1S/Nb.O.Si.Ti/q+5;-2;2*+4. The van der Waals surface area contributed by atoms with Crippen molar-refractivity contribution in [2.75, 3.05) is 0 Å². The van der Waals surface area contributed by atoms with Gasteiger partial charge in [-0.25, -0.2) is 0 Å². The summed E-state index contributed by atoms with van der Waals surface area (Å²) in [5, 5.41) is 0.